The second-order valence-corrected chi connectivity index (χ2v) is 3.32. The van der Waals surface area contributed by atoms with Crippen molar-refractivity contribution in [3.63, 3.8) is 0 Å². The van der Waals surface area contributed by atoms with Gasteiger partial charge < -0.3 is 4.74 Å². The van der Waals surface area contributed by atoms with Crippen LogP contribution in [0.2, 0.25) is 0 Å². The van der Waals surface area contributed by atoms with Gasteiger partial charge in [0.1, 0.15) is 5.75 Å². The number of ether oxygens (including phenoxy) is 1. The highest BCUT2D eigenvalue weighted by molar-refractivity contribution is 9.10. The summed E-state index contributed by atoms with van der Waals surface area (Å²) in [6.45, 7) is -0.163. The number of nitriles is 1. The number of carbonyl (C=O) groups excluding carboxylic acids is 1. The number of hydrogen-bond donors (Lipinski definition) is 1. The number of halogens is 1. The fraction of sp³-hybridized carbons (Fsp3) is 0.111. The molecule has 0 atom stereocenters. The molecule has 1 amide bonds. The van der Waals surface area contributed by atoms with Crippen LogP contribution in [-0.4, -0.2) is 12.5 Å². The first-order valence-corrected chi connectivity index (χ1v) is 4.58. The van der Waals surface area contributed by atoms with Crippen LogP contribution in [-0.2, 0) is 4.79 Å². The molecule has 1 N–H and O–H groups in total. The molecule has 0 fully saturated rings. The van der Waals surface area contributed by atoms with E-state index in [9.17, 15) is 4.79 Å². The first-order valence-electron chi connectivity index (χ1n) is 3.78. The second-order valence-electron chi connectivity index (χ2n) is 2.41. The Morgan fingerprint density at radius 1 is 1.64 bits per heavy atom. The summed E-state index contributed by atoms with van der Waals surface area (Å²) >= 11 is 3.27. The van der Waals surface area contributed by atoms with Crippen LogP contribution in [0, 0.1) is 11.5 Å². The van der Waals surface area contributed by atoms with Gasteiger partial charge in [-0.3, -0.25) is 10.1 Å². The van der Waals surface area contributed by atoms with E-state index >= 15 is 0 Å². The third-order valence-electron chi connectivity index (χ3n) is 1.36. The van der Waals surface area contributed by atoms with Crippen molar-refractivity contribution < 1.29 is 9.53 Å². The van der Waals surface area contributed by atoms with Crippen LogP contribution in [0.15, 0.2) is 28.7 Å². The second kappa shape index (κ2) is 5.25. The lowest BCUT2D eigenvalue weighted by atomic mass is 10.3. The number of nitrogens with zero attached hydrogens (tertiary/aromatic N) is 1. The minimum atomic E-state index is -0.465. The molecule has 0 saturated carbocycles. The highest BCUT2D eigenvalue weighted by atomic mass is 79.9. The van der Waals surface area contributed by atoms with Gasteiger partial charge in [-0.15, -0.1) is 0 Å². The lowest BCUT2D eigenvalue weighted by Crippen LogP contribution is -2.24. The van der Waals surface area contributed by atoms with Crippen LogP contribution in [0.3, 0.4) is 0 Å². The molecule has 0 unspecified atom stereocenters. The van der Waals surface area contributed by atoms with Crippen molar-refractivity contribution in [2.75, 3.05) is 6.61 Å². The number of nitrogens with one attached hydrogen (secondary N) is 1. The number of rotatable bonds is 3. The standard InChI is InChI=1S/C9H7BrN2O2/c10-7-2-1-3-8(4-7)14-5-9(13)12-6-11/h1-4H,5H2,(H,12,13). The maximum absolute atomic E-state index is 10.8. The van der Waals surface area contributed by atoms with Crippen LogP contribution in [0.1, 0.15) is 0 Å². The van der Waals surface area contributed by atoms with Crippen molar-refractivity contribution in [3.8, 4) is 11.9 Å². The van der Waals surface area contributed by atoms with Gasteiger partial charge in [-0.1, -0.05) is 22.0 Å². The molecule has 1 aromatic rings. The predicted octanol–water partition coefficient (Wildman–Crippen LogP) is 1.43. The van der Waals surface area contributed by atoms with Crippen molar-refractivity contribution in [2.24, 2.45) is 0 Å². The number of amides is 1. The van der Waals surface area contributed by atoms with Gasteiger partial charge in [-0.25, -0.2) is 0 Å². The lowest BCUT2D eigenvalue weighted by molar-refractivity contribution is -0.121. The molecule has 0 aliphatic heterocycles. The topological polar surface area (TPSA) is 62.1 Å². The monoisotopic (exact) mass is 254 g/mol. The van der Waals surface area contributed by atoms with Crippen LogP contribution in [0.4, 0.5) is 0 Å². The van der Waals surface area contributed by atoms with Gasteiger partial charge in [0.15, 0.2) is 12.8 Å². The molecule has 0 aliphatic rings. The van der Waals surface area contributed by atoms with E-state index in [2.05, 4.69) is 15.9 Å². The minimum absolute atomic E-state index is 0.163. The van der Waals surface area contributed by atoms with Gasteiger partial charge in [0, 0.05) is 4.47 Å². The Bertz CT molecular complexity index is 373. The minimum Gasteiger partial charge on any atom is -0.484 e. The third kappa shape index (κ3) is 3.46. The summed E-state index contributed by atoms with van der Waals surface area (Å²) in [5.41, 5.74) is 0. The van der Waals surface area contributed by atoms with Crippen molar-refractivity contribution >= 4 is 21.8 Å². The largest absolute Gasteiger partial charge is 0.484 e. The van der Waals surface area contributed by atoms with Crippen molar-refractivity contribution in [1.82, 2.24) is 5.32 Å². The number of benzene rings is 1. The average Bonchev–Trinajstić information content (AvgIpc) is 2.15. The smallest absolute Gasteiger partial charge is 0.270 e. The van der Waals surface area contributed by atoms with E-state index in [4.69, 9.17) is 10.00 Å². The first kappa shape index (κ1) is 10.5. The van der Waals surface area contributed by atoms with Crippen molar-refractivity contribution in [3.05, 3.63) is 28.7 Å². The van der Waals surface area contributed by atoms with E-state index in [1.54, 1.807) is 18.2 Å². The molecule has 0 bridgehead atoms. The van der Waals surface area contributed by atoms with Gasteiger partial charge in [-0.2, -0.15) is 5.26 Å². The summed E-state index contributed by atoms with van der Waals surface area (Å²) in [6.07, 6.45) is 1.53. The summed E-state index contributed by atoms with van der Waals surface area (Å²) in [4.78, 5) is 10.8. The van der Waals surface area contributed by atoms with Gasteiger partial charge in [0.2, 0.25) is 0 Å². The van der Waals surface area contributed by atoms with E-state index in [1.807, 2.05) is 11.4 Å². The highest BCUT2D eigenvalue weighted by Gasteiger charge is 2.01. The highest BCUT2D eigenvalue weighted by Crippen LogP contribution is 2.17. The normalized spacial score (nSPS) is 8.86. The van der Waals surface area contributed by atoms with E-state index < -0.39 is 5.91 Å². The Morgan fingerprint density at radius 3 is 3.07 bits per heavy atom. The zero-order chi connectivity index (χ0) is 10.4. The van der Waals surface area contributed by atoms with E-state index in [-0.39, 0.29) is 6.61 Å². The number of hydrogen-bond acceptors (Lipinski definition) is 3. The van der Waals surface area contributed by atoms with Crippen LogP contribution >= 0.6 is 15.9 Å². The molecule has 4 nitrogen and oxygen atoms in total. The summed E-state index contributed by atoms with van der Waals surface area (Å²) < 4.78 is 5.98. The van der Waals surface area contributed by atoms with Crippen LogP contribution in [0.25, 0.3) is 0 Å². The van der Waals surface area contributed by atoms with Crippen LogP contribution < -0.4 is 10.1 Å². The molecule has 0 aliphatic carbocycles. The number of carbonyl (C=O) groups is 1. The Morgan fingerprint density at radius 2 is 2.43 bits per heavy atom. The van der Waals surface area contributed by atoms with E-state index in [1.165, 1.54) is 6.19 Å². The maximum Gasteiger partial charge on any atom is 0.270 e. The summed E-state index contributed by atoms with van der Waals surface area (Å²) in [6, 6.07) is 7.11. The molecule has 0 aromatic heterocycles. The van der Waals surface area contributed by atoms with E-state index in [0.29, 0.717) is 5.75 Å². The molecule has 5 heteroatoms. The summed E-state index contributed by atoms with van der Waals surface area (Å²) in [5.74, 6) is 0.111. The lowest BCUT2D eigenvalue weighted by Gasteiger charge is -2.03. The SMILES string of the molecule is N#CNC(=O)COc1cccc(Br)c1. The van der Waals surface area contributed by atoms with Gasteiger partial charge in [-0.05, 0) is 18.2 Å². The Kier molecular flexibility index (Phi) is 3.95. The van der Waals surface area contributed by atoms with Crippen molar-refractivity contribution in [1.29, 1.82) is 5.26 Å². The Labute approximate surface area is 89.6 Å². The fourth-order valence-corrected chi connectivity index (χ4v) is 1.18. The van der Waals surface area contributed by atoms with Gasteiger partial charge in [0.25, 0.3) is 5.91 Å². The molecule has 0 spiro atoms. The predicted molar refractivity (Wildman–Crippen MR) is 53.4 cm³/mol. The van der Waals surface area contributed by atoms with Gasteiger partial charge in [0.05, 0.1) is 0 Å². The summed E-state index contributed by atoms with van der Waals surface area (Å²) in [7, 11) is 0. The van der Waals surface area contributed by atoms with E-state index in [0.717, 1.165) is 4.47 Å². The molecular weight excluding hydrogens is 248 g/mol. The van der Waals surface area contributed by atoms with Crippen LogP contribution in [0.5, 0.6) is 5.75 Å². The zero-order valence-electron chi connectivity index (χ0n) is 7.16. The zero-order valence-corrected chi connectivity index (χ0v) is 8.74. The summed E-state index contributed by atoms with van der Waals surface area (Å²) in [5, 5.41) is 10.1. The maximum atomic E-state index is 10.8. The fourth-order valence-electron chi connectivity index (χ4n) is 0.804. The molecule has 72 valence electrons. The molecule has 1 aromatic carbocycles. The van der Waals surface area contributed by atoms with Gasteiger partial charge >= 0.3 is 0 Å². The van der Waals surface area contributed by atoms with Crippen molar-refractivity contribution in [2.45, 2.75) is 0 Å². The molecule has 0 saturated heterocycles. The first-order chi connectivity index (χ1) is 6.72. The Hall–Kier alpha value is -1.54. The molecule has 0 radical (unpaired) electrons. The quantitative estimate of drug-likeness (QED) is 0.656. The molecular formula is C9H7BrN2O2. The third-order valence-corrected chi connectivity index (χ3v) is 1.85. The molecule has 14 heavy (non-hydrogen) atoms. The average molecular weight is 255 g/mol. The molecule has 1 rings (SSSR count). The Balaban J connectivity index is 2.46. The molecule has 0 heterocycles.